The predicted octanol–water partition coefficient (Wildman–Crippen LogP) is -2.01. The summed E-state index contributed by atoms with van der Waals surface area (Å²) in [4.78, 5) is 15.3. The van der Waals surface area contributed by atoms with Crippen LogP contribution in [0.25, 0.3) is 0 Å². The average Bonchev–Trinajstić information content (AvgIpc) is 2.63. The molecule has 0 aliphatic carbocycles. The number of nitrogen functional groups attached to an aromatic ring is 1. The van der Waals surface area contributed by atoms with Crippen LogP contribution in [0, 0.1) is 0 Å². The maximum atomic E-state index is 11.8. The van der Waals surface area contributed by atoms with Crippen LogP contribution in [0.1, 0.15) is 7.60 Å². The summed E-state index contributed by atoms with van der Waals surface area (Å²) < 4.78 is 13.3. The molecule has 8 heteroatoms. The number of nitrogens with two attached hydrogens (primary N) is 1. The first kappa shape index (κ1) is 12.3. The van der Waals surface area contributed by atoms with Crippen molar-refractivity contribution in [1.29, 1.82) is 0 Å². The topological polar surface area (TPSA) is 131 Å². The zero-order chi connectivity index (χ0) is 14.9. The Bertz CT molecular complexity index is 577. The molecule has 0 aromatic carbocycles. The van der Waals surface area contributed by atoms with E-state index in [9.17, 15) is 15.0 Å². The highest BCUT2D eigenvalue weighted by Crippen LogP contribution is 2.38. The van der Waals surface area contributed by atoms with Gasteiger partial charge in [-0.15, -0.1) is 0 Å². The molecule has 5 N–H and O–H groups in total. The Kier molecular flexibility index (Phi) is 3.07. The second-order valence-corrected chi connectivity index (χ2v) is 4.25. The van der Waals surface area contributed by atoms with Crippen molar-refractivity contribution < 1.29 is 21.4 Å². The molecular weight excluding hydrogens is 254 g/mol. The minimum atomic E-state index is -2.03. The van der Waals surface area contributed by atoms with Crippen LogP contribution in [0.2, 0.25) is 0 Å². The molecule has 1 saturated heterocycles. The smallest absolute Gasteiger partial charge is 0.351 e. The van der Waals surface area contributed by atoms with Gasteiger partial charge in [0.2, 0.25) is 0 Å². The molecule has 1 aliphatic heterocycles. The van der Waals surface area contributed by atoms with Crippen LogP contribution in [0.4, 0.5) is 5.82 Å². The number of anilines is 1. The molecule has 0 saturated carbocycles. The molecular formula is C11H15N3O5. The monoisotopic (exact) mass is 270 g/mol. The van der Waals surface area contributed by atoms with E-state index in [1.807, 2.05) is 0 Å². The quantitative estimate of drug-likeness (QED) is 0.467. The van der Waals surface area contributed by atoms with Gasteiger partial charge in [-0.1, -0.05) is 12.6 Å². The lowest BCUT2D eigenvalue weighted by molar-refractivity contribution is -0.0812. The van der Waals surface area contributed by atoms with Gasteiger partial charge in [0, 0.05) is 6.20 Å². The Balaban J connectivity index is 2.50. The summed E-state index contributed by atoms with van der Waals surface area (Å²) in [6.45, 7) is 0.220. The van der Waals surface area contributed by atoms with E-state index >= 15 is 0 Å². The van der Waals surface area contributed by atoms with E-state index in [-0.39, 0.29) is 5.82 Å². The van der Waals surface area contributed by atoms with Gasteiger partial charge in [-0.3, -0.25) is 4.57 Å². The van der Waals surface area contributed by atoms with Crippen LogP contribution in [-0.2, 0) is 4.74 Å². The minimum Gasteiger partial charge on any atom is -0.394 e. The SMILES string of the molecule is [2H]C=C[C@@]1(O)[C@H](O)[C@@H](CO)O[C@H]1n1ccc(N)nc1=O. The summed E-state index contributed by atoms with van der Waals surface area (Å²) in [6, 6.07) is 1.33. The fourth-order valence-electron chi connectivity index (χ4n) is 2.01. The summed E-state index contributed by atoms with van der Waals surface area (Å²) in [5, 5.41) is 29.6. The molecule has 0 unspecified atom stereocenters. The normalized spacial score (nSPS) is 35.7. The molecule has 8 nitrogen and oxygen atoms in total. The molecule has 1 aromatic heterocycles. The lowest BCUT2D eigenvalue weighted by atomic mass is 9.94. The van der Waals surface area contributed by atoms with Gasteiger partial charge in [0.25, 0.3) is 0 Å². The van der Waals surface area contributed by atoms with E-state index in [2.05, 4.69) is 4.98 Å². The number of hydrogen-bond acceptors (Lipinski definition) is 7. The maximum Gasteiger partial charge on any atom is 0.351 e. The number of aliphatic hydroxyl groups is 3. The highest BCUT2D eigenvalue weighted by molar-refractivity contribution is 5.24. The fraction of sp³-hybridized carbons (Fsp3) is 0.455. The molecule has 2 rings (SSSR count). The highest BCUT2D eigenvalue weighted by Gasteiger charge is 2.54. The number of aromatic nitrogens is 2. The maximum absolute atomic E-state index is 11.8. The lowest BCUT2D eigenvalue weighted by Gasteiger charge is -2.28. The van der Waals surface area contributed by atoms with Crippen molar-refractivity contribution in [2.24, 2.45) is 0 Å². The predicted molar refractivity (Wildman–Crippen MR) is 65.1 cm³/mol. The molecule has 4 atom stereocenters. The zero-order valence-electron chi connectivity index (χ0n) is 10.9. The molecule has 0 radical (unpaired) electrons. The average molecular weight is 270 g/mol. The van der Waals surface area contributed by atoms with Gasteiger partial charge in [0.1, 0.15) is 18.0 Å². The van der Waals surface area contributed by atoms with Gasteiger partial charge in [0.15, 0.2) is 11.8 Å². The Morgan fingerprint density at radius 3 is 3.11 bits per heavy atom. The van der Waals surface area contributed by atoms with Crippen molar-refractivity contribution in [2.45, 2.75) is 24.0 Å². The van der Waals surface area contributed by atoms with Gasteiger partial charge in [-0.2, -0.15) is 4.98 Å². The van der Waals surface area contributed by atoms with Crippen molar-refractivity contribution in [3.8, 4) is 0 Å². The van der Waals surface area contributed by atoms with Gasteiger partial charge in [0.05, 0.1) is 7.98 Å². The number of aliphatic hydroxyl groups excluding tert-OH is 2. The van der Waals surface area contributed by atoms with Gasteiger partial charge in [-0.25, -0.2) is 4.79 Å². The van der Waals surface area contributed by atoms with Crippen molar-refractivity contribution in [3.63, 3.8) is 0 Å². The first-order chi connectivity index (χ1) is 9.43. The first-order valence-electron chi connectivity index (χ1n) is 6.09. The molecule has 1 aromatic rings. The van der Waals surface area contributed by atoms with Gasteiger partial charge >= 0.3 is 5.69 Å². The fourth-order valence-corrected chi connectivity index (χ4v) is 2.01. The zero-order valence-corrected chi connectivity index (χ0v) is 9.88. The van der Waals surface area contributed by atoms with Crippen LogP contribution in [0.15, 0.2) is 29.7 Å². The van der Waals surface area contributed by atoms with Gasteiger partial charge in [-0.05, 0) is 6.07 Å². The van der Waals surface area contributed by atoms with Crippen molar-refractivity contribution in [2.75, 3.05) is 12.3 Å². The number of rotatable bonds is 3. The second-order valence-electron chi connectivity index (χ2n) is 4.25. The van der Waals surface area contributed by atoms with E-state index in [1.165, 1.54) is 12.3 Å². The molecule has 1 aliphatic rings. The molecule has 0 bridgehead atoms. The summed E-state index contributed by atoms with van der Waals surface area (Å²) in [5.74, 6) is 0.00285. The molecule has 1 fully saturated rings. The molecule has 19 heavy (non-hydrogen) atoms. The van der Waals surface area contributed by atoms with Crippen molar-refractivity contribution in [3.05, 3.63) is 35.4 Å². The largest absolute Gasteiger partial charge is 0.394 e. The summed E-state index contributed by atoms with van der Waals surface area (Å²) in [6.07, 6.45) is -1.67. The Morgan fingerprint density at radius 2 is 2.53 bits per heavy atom. The Morgan fingerprint density at radius 1 is 1.79 bits per heavy atom. The summed E-state index contributed by atoms with van der Waals surface area (Å²) in [5.41, 5.74) is 2.56. The molecule has 0 amide bonds. The Labute approximate surface area is 109 Å². The van der Waals surface area contributed by atoms with Crippen molar-refractivity contribution in [1.82, 2.24) is 9.55 Å². The van der Waals surface area contributed by atoms with Gasteiger partial charge < -0.3 is 25.8 Å². The lowest BCUT2D eigenvalue weighted by Crippen LogP contribution is -2.47. The number of ether oxygens (including phenoxy) is 1. The third-order valence-corrected chi connectivity index (χ3v) is 3.08. The highest BCUT2D eigenvalue weighted by atomic mass is 16.6. The van der Waals surface area contributed by atoms with E-state index < -0.39 is 36.3 Å². The minimum absolute atomic E-state index is 0.00285. The van der Waals surface area contributed by atoms with E-state index in [1.54, 1.807) is 0 Å². The van der Waals surface area contributed by atoms with Crippen LogP contribution >= 0.6 is 0 Å². The third kappa shape index (κ3) is 2.04. The molecule has 0 spiro atoms. The van der Waals surface area contributed by atoms with Crippen LogP contribution < -0.4 is 11.4 Å². The Hall–Kier alpha value is -1.74. The van der Waals surface area contributed by atoms with Crippen LogP contribution in [0.3, 0.4) is 0 Å². The van der Waals surface area contributed by atoms with Crippen LogP contribution in [-0.4, -0.2) is 49.3 Å². The van der Waals surface area contributed by atoms with E-state index in [4.69, 9.17) is 16.9 Å². The number of nitrogens with zero attached hydrogens (tertiary/aromatic N) is 2. The van der Waals surface area contributed by atoms with Crippen LogP contribution in [0.5, 0.6) is 0 Å². The molecule has 104 valence electrons. The standard InChI is InChI=1S/C11H15N3O5/c1-2-11(18)8(16)6(5-15)19-9(11)14-4-3-7(12)13-10(14)17/h2-4,6,8-9,15-16,18H,1,5H2,(H2,12,13,17)/t6-,8-,9-,11-/m1/s1/i1D. The summed E-state index contributed by atoms with van der Waals surface area (Å²) >= 11 is 0. The van der Waals surface area contributed by atoms with E-state index in [0.717, 1.165) is 17.2 Å². The van der Waals surface area contributed by atoms with Crippen molar-refractivity contribution >= 4 is 5.82 Å². The number of hydrogen-bond donors (Lipinski definition) is 4. The van der Waals surface area contributed by atoms with E-state index in [0.29, 0.717) is 0 Å². The first-order valence-corrected chi connectivity index (χ1v) is 5.51. The molecule has 2 heterocycles. The third-order valence-electron chi connectivity index (χ3n) is 3.08. The second kappa shape index (κ2) is 4.74. The summed E-state index contributed by atoms with van der Waals surface area (Å²) in [7, 11) is 0.